The Morgan fingerprint density at radius 3 is 2.96 bits per heavy atom. The fraction of sp³-hybridized carbons (Fsp3) is 0.150. The number of hydrogen-bond donors (Lipinski definition) is 2. The van der Waals surface area contributed by atoms with Crippen molar-refractivity contribution >= 4 is 34.0 Å². The maximum absolute atomic E-state index is 14.2. The lowest BCUT2D eigenvalue weighted by Gasteiger charge is -2.13. The zero-order valence-corrected chi connectivity index (χ0v) is 15.8. The van der Waals surface area contributed by atoms with Gasteiger partial charge >= 0.3 is 0 Å². The Kier molecular flexibility index (Phi) is 5.18. The van der Waals surface area contributed by atoms with Crippen LogP contribution in [0, 0.1) is 5.82 Å². The number of anilines is 2. The highest BCUT2D eigenvalue weighted by atomic mass is 35.5. The van der Waals surface area contributed by atoms with E-state index in [1.807, 2.05) is 6.07 Å². The number of aromatic nitrogens is 4. The molecular formula is C20H17ClFN5O. The van der Waals surface area contributed by atoms with Crippen LogP contribution in [0.3, 0.4) is 0 Å². The number of hydrogen-bond acceptors (Lipinski definition) is 5. The third-order valence-corrected chi connectivity index (χ3v) is 4.58. The number of halogens is 2. The van der Waals surface area contributed by atoms with E-state index < -0.39 is 0 Å². The lowest BCUT2D eigenvalue weighted by molar-refractivity contribution is 0.202. The number of pyridine rings is 2. The fourth-order valence-corrected chi connectivity index (χ4v) is 3.14. The summed E-state index contributed by atoms with van der Waals surface area (Å²) in [5.74, 6) is -0.381. The molecule has 2 N–H and O–H groups in total. The summed E-state index contributed by atoms with van der Waals surface area (Å²) in [4.78, 5) is 8.70. The number of aromatic amines is 1. The summed E-state index contributed by atoms with van der Waals surface area (Å²) in [5, 5.41) is 11.0. The van der Waals surface area contributed by atoms with Crippen LogP contribution in [0.4, 0.5) is 15.8 Å². The zero-order valence-electron chi connectivity index (χ0n) is 15.0. The predicted octanol–water partition coefficient (Wildman–Crippen LogP) is 4.74. The van der Waals surface area contributed by atoms with Crippen molar-refractivity contribution in [3.05, 3.63) is 65.3 Å². The molecule has 0 aliphatic rings. The third kappa shape index (κ3) is 3.67. The summed E-state index contributed by atoms with van der Waals surface area (Å²) in [6.45, 7) is 0.557. The molecule has 8 heteroatoms. The van der Waals surface area contributed by atoms with Crippen LogP contribution >= 0.6 is 11.6 Å². The first-order chi connectivity index (χ1) is 13.7. The molecule has 0 amide bonds. The molecule has 0 saturated heterocycles. The van der Waals surface area contributed by atoms with Gasteiger partial charge in [0, 0.05) is 42.0 Å². The van der Waals surface area contributed by atoms with E-state index in [0.717, 1.165) is 28.0 Å². The molecule has 0 radical (unpaired) electrons. The second-order valence-corrected chi connectivity index (χ2v) is 6.64. The van der Waals surface area contributed by atoms with Gasteiger partial charge in [0.25, 0.3) is 0 Å². The highest BCUT2D eigenvalue weighted by molar-refractivity contribution is 6.30. The van der Waals surface area contributed by atoms with E-state index in [1.165, 1.54) is 12.1 Å². The second-order valence-electron chi connectivity index (χ2n) is 6.20. The monoisotopic (exact) mass is 397 g/mol. The Hall–Kier alpha value is -3.03. The smallest absolute Gasteiger partial charge is 0.134 e. The van der Waals surface area contributed by atoms with Gasteiger partial charge < -0.3 is 10.1 Å². The molecule has 1 aromatic carbocycles. The molecule has 6 nitrogen and oxygen atoms in total. The van der Waals surface area contributed by atoms with Crippen molar-refractivity contribution in [1.82, 2.24) is 20.2 Å². The van der Waals surface area contributed by atoms with Gasteiger partial charge in [0.05, 0.1) is 18.0 Å². The van der Waals surface area contributed by atoms with Gasteiger partial charge in [0.2, 0.25) is 0 Å². The minimum Gasteiger partial charge on any atom is -0.384 e. The molecule has 28 heavy (non-hydrogen) atoms. The van der Waals surface area contributed by atoms with Crippen molar-refractivity contribution in [2.75, 3.05) is 19.0 Å². The lowest BCUT2D eigenvalue weighted by atomic mass is 10.1. The van der Waals surface area contributed by atoms with Crippen LogP contribution in [-0.4, -0.2) is 33.9 Å². The predicted molar refractivity (Wildman–Crippen MR) is 107 cm³/mol. The molecule has 0 aliphatic heterocycles. The van der Waals surface area contributed by atoms with Gasteiger partial charge in [-0.3, -0.25) is 15.1 Å². The van der Waals surface area contributed by atoms with Crippen molar-refractivity contribution in [3.63, 3.8) is 0 Å². The Morgan fingerprint density at radius 1 is 1.21 bits per heavy atom. The van der Waals surface area contributed by atoms with Gasteiger partial charge in [-0.2, -0.15) is 5.10 Å². The first-order valence-electron chi connectivity index (χ1n) is 8.64. The molecule has 0 fully saturated rings. The van der Waals surface area contributed by atoms with Gasteiger partial charge in [0.1, 0.15) is 16.9 Å². The van der Waals surface area contributed by atoms with Gasteiger partial charge in [-0.1, -0.05) is 11.6 Å². The van der Waals surface area contributed by atoms with Crippen LogP contribution < -0.4 is 5.32 Å². The molecule has 0 bridgehead atoms. The summed E-state index contributed by atoms with van der Waals surface area (Å²) < 4.78 is 19.4. The molecular weight excluding hydrogens is 381 g/mol. The third-order valence-electron chi connectivity index (χ3n) is 4.35. The maximum Gasteiger partial charge on any atom is 0.134 e. The summed E-state index contributed by atoms with van der Waals surface area (Å²) in [7, 11) is 1.66. The Morgan fingerprint density at radius 2 is 2.11 bits per heavy atom. The van der Waals surface area contributed by atoms with Crippen molar-refractivity contribution in [3.8, 4) is 11.3 Å². The average molecular weight is 398 g/mol. The Bertz CT molecular complexity index is 1130. The molecule has 4 rings (SSSR count). The highest BCUT2D eigenvalue weighted by Crippen LogP contribution is 2.30. The van der Waals surface area contributed by atoms with Gasteiger partial charge in [-0.15, -0.1) is 0 Å². The van der Waals surface area contributed by atoms with Gasteiger partial charge in [0.15, 0.2) is 0 Å². The van der Waals surface area contributed by atoms with Crippen molar-refractivity contribution in [2.24, 2.45) is 0 Å². The molecule has 4 aromatic rings. The Labute approximate surface area is 165 Å². The second kappa shape index (κ2) is 7.92. The SMILES string of the molecule is COCCc1cnc2c[nH]nc2c1Nc1ccnc(-c2cc(Cl)ccc2F)c1. The number of nitrogens with zero attached hydrogens (tertiary/aromatic N) is 3. The lowest BCUT2D eigenvalue weighted by Crippen LogP contribution is -2.02. The van der Waals surface area contributed by atoms with E-state index in [2.05, 4.69) is 25.5 Å². The van der Waals surface area contributed by atoms with Crippen molar-refractivity contribution in [2.45, 2.75) is 6.42 Å². The summed E-state index contributed by atoms with van der Waals surface area (Å²) in [6, 6.07) is 7.98. The van der Waals surface area contributed by atoms with E-state index in [4.69, 9.17) is 16.3 Å². The summed E-state index contributed by atoms with van der Waals surface area (Å²) >= 11 is 6.02. The first-order valence-corrected chi connectivity index (χ1v) is 9.02. The number of nitrogens with one attached hydrogen (secondary N) is 2. The molecule has 0 saturated carbocycles. The molecule has 0 spiro atoms. The van der Waals surface area contributed by atoms with Crippen molar-refractivity contribution < 1.29 is 9.13 Å². The van der Waals surface area contributed by atoms with Crippen molar-refractivity contribution in [1.29, 1.82) is 0 Å². The van der Waals surface area contributed by atoms with Crippen LogP contribution in [0.1, 0.15) is 5.56 Å². The van der Waals surface area contributed by atoms with E-state index in [0.29, 0.717) is 29.3 Å². The maximum atomic E-state index is 14.2. The minimum atomic E-state index is -0.381. The molecule has 142 valence electrons. The average Bonchev–Trinajstić information content (AvgIpc) is 3.18. The molecule has 3 aromatic heterocycles. The van der Waals surface area contributed by atoms with Crippen LogP contribution in [-0.2, 0) is 11.2 Å². The van der Waals surface area contributed by atoms with Crippen LogP contribution in [0.5, 0.6) is 0 Å². The van der Waals surface area contributed by atoms with Crippen LogP contribution in [0.25, 0.3) is 22.3 Å². The quantitative estimate of drug-likeness (QED) is 0.491. The number of rotatable bonds is 6. The van der Waals surface area contributed by atoms with E-state index in [1.54, 1.807) is 37.8 Å². The van der Waals surface area contributed by atoms with Gasteiger partial charge in [-0.25, -0.2) is 4.39 Å². The Balaban J connectivity index is 1.74. The number of H-pyrrole nitrogens is 1. The number of fused-ring (bicyclic) bond motifs is 1. The van der Waals surface area contributed by atoms with E-state index in [-0.39, 0.29) is 5.82 Å². The van der Waals surface area contributed by atoms with Gasteiger partial charge in [-0.05, 0) is 42.3 Å². The largest absolute Gasteiger partial charge is 0.384 e. The first kappa shape index (κ1) is 18.3. The summed E-state index contributed by atoms with van der Waals surface area (Å²) in [6.07, 6.45) is 5.84. The van der Waals surface area contributed by atoms with Crippen LogP contribution in [0.2, 0.25) is 5.02 Å². The normalized spacial score (nSPS) is 11.1. The minimum absolute atomic E-state index is 0.343. The molecule has 0 aliphatic carbocycles. The number of methoxy groups -OCH3 is 1. The molecule has 3 heterocycles. The molecule has 0 atom stereocenters. The van der Waals surface area contributed by atoms with E-state index >= 15 is 0 Å². The molecule has 0 unspecified atom stereocenters. The fourth-order valence-electron chi connectivity index (χ4n) is 2.96. The number of benzene rings is 1. The number of ether oxygens (including phenoxy) is 1. The van der Waals surface area contributed by atoms with Crippen LogP contribution in [0.15, 0.2) is 48.9 Å². The topological polar surface area (TPSA) is 75.7 Å². The highest BCUT2D eigenvalue weighted by Gasteiger charge is 2.13. The standard InChI is InChI=1S/C20H17ClFN5O/c1-28-7-5-12-10-24-18-11-25-27-20(18)19(12)26-14-4-6-23-17(9-14)15-8-13(21)2-3-16(15)22/h2-4,6,8-11H,5,7H2,1H3,(H,25,27)(H,23,24,26). The van der Waals surface area contributed by atoms with E-state index in [9.17, 15) is 4.39 Å². The zero-order chi connectivity index (χ0) is 19.5. The summed E-state index contributed by atoms with van der Waals surface area (Å²) in [5.41, 5.74) is 4.84.